The van der Waals surface area contributed by atoms with E-state index in [-0.39, 0.29) is 72.7 Å². The average molecular weight is 534 g/mol. The largest absolute Gasteiger partial charge is 0.480 e. The third-order valence-corrected chi connectivity index (χ3v) is 4.17. The fourth-order valence-electron chi connectivity index (χ4n) is 2.91. The summed E-state index contributed by atoms with van der Waals surface area (Å²) in [6.07, 6.45) is 0. The second-order valence-corrected chi connectivity index (χ2v) is 6.25. The van der Waals surface area contributed by atoms with E-state index in [1.165, 1.54) is 0 Å². The van der Waals surface area contributed by atoms with Gasteiger partial charge in [0.1, 0.15) is 0 Å². The van der Waals surface area contributed by atoms with Gasteiger partial charge < -0.3 is 25.7 Å². The molecule has 0 aromatic carbocycles. The number of nitrogens with zero attached hydrogens (tertiary/aromatic N) is 3. The van der Waals surface area contributed by atoms with E-state index in [4.69, 9.17) is 15.3 Å². The smallest absolute Gasteiger partial charge is 0.317 e. The van der Waals surface area contributed by atoms with Gasteiger partial charge in [-0.05, 0) is 0 Å². The van der Waals surface area contributed by atoms with Gasteiger partial charge in [0.15, 0.2) is 0 Å². The number of carboxylic acids is 3. The SMILES string of the molecule is O=C(O)CN1CCNCCN(CC(=O)O)C(CO)CN(CC(=O)O)CC1.[Gd]. The van der Waals surface area contributed by atoms with E-state index < -0.39 is 23.9 Å². The number of carboxylic acid groups (broad SMARTS) is 3. The van der Waals surface area contributed by atoms with E-state index in [9.17, 15) is 19.5 Å². The molecule has 0 saturated carbocycles. The molecule has 1 fully saturated rings. The molecule has 1 aliphatic heterocycles. The Bertz CT molecular complexity index is 483. The average Bonchev–Trinajstić information content (AvgIpc) is 2.53. The fraction of sp³-hybridized carbons (Fsp3) is 0.800. The van der Waals surface area contributed by atoms with Crippen LogP contribution >= 0.6 is 0 Å². The Kier molecular flexibility index (Phi) is 14.3. The Morgan fingerprint density at radius 3 is 1.89 bits per heavy atom. The molecule has 1 atom stereocenters. The van der Waals surface area contributed by atoms with Crippen LogP contribution in [-0.2, 0) is 14.4 Å². The molecule has 0 aromatic heterocycles. The minimum atomic E-state index is -1.04. The maximum Gasteiger partial charge on any atom is 0.317 e. The summed E-state index contributed by atoms with van der Waals surface area (Å²) >= 11 is 0. The van der Waals surface area contributed by atoms with Gasteiger partial charge in [-0.3, -0.25) is 29.1 Å². The van der Waals surface area contributed by atoms with E-state index >= 15 is 0 Å². The first kappa shape index (κ1) is 26.5. The number of nitrogens with one attached hydrogen (secondary N) is 1. The third-order valence-electron chi connectivity index (χ3n) is 4.17. The first-order valence-corrected chi connectivity index (χ1v) is 8.47. The molecule has 0 aliphatic carbocycles. The van der Waals surface area contributed by atoms with Gasteiger partial charge in [-0.15, -0.1) is 0 Å². The molecule has 12 heteroatoms. The molecule has 0 aromatic rings. The molecule has 5 N–H and O–H groups in total. The van der Waals surface area contributed by atoms with Crippen molar-refractivity contribution in [2.45, 2.75) is 6.04 Å². The van der Waals surface area contributed by atoms with Crippen LogP contribution in [0.2, 0.25) is 0 Å². The van der Waals surface area contributed by atoms with Gasteiger partial charge in [0.25, 0.3) is 0 Å². The number of hydrogen-bond acceptors (Lipinski definition) is 8. The monoisotopic (exact) mass is 534 g/mol. The summed E-state index contributed by atoms with van der Waals surface area (Å²) in [6, 6.07) is -0.528. The first-order valence-electron chi connectivity index (χ1n) is 8.47. The number of carbonyl (C=O) groups is 3. The van der Waals surface area contributed by atoms with Crippen molar-refractivity contribution in [3.8, 4) is 0 Å². The summed E-state index contributed by atoms with van der Waals surface area (Å²) in [5, 5.41) is 40.0. The van der Waals surface area contributed by atoms with Crippen LogP contribution in [0, 0.1) is 39.9 Å². The van der Waals surface area contributed by atoms with Crippen LogP contribution in [0.1, 0.15) is 0 Å². The Morgan fingerprint density at radius 1 is 0.815 bits per heavy atom. The van der Waals surface area contributed by atoms with Crippen molar-refractivity contribution in [3.63, 3.8) is 0 Å². The maximum absolute atomic E-state index is 11.1. The predicted molar refractivity (Wildman–Crippen MR) is 91.1 cm³/mol. The van der Waals surface area contributed by atoms with Gasteiger partial charge in [0.05, 0.1) is 26.2 Å². The van der Waals surface area contributed by atoms with Crippen molar-refractivity contribution >= 4 is 17.9 Å². The van der Waals surface area contributed by atoms with Gasteiger partial charge in [-0.2, -0.15) is 0 Å². The minimum absolute atomic E-state index is 0. The molecular weight excluding hydrogens is 505 g/mol. The third kappa shape index (κ3) is 11.9. The van der Waals surface area contributed by atoms with Gasteiger partial charge in [-0.1, -0.05) is 0 Å². The Labute approximate surface area is 190 Å². The van der Waals surface area contributed by atoms with Crippen LogP contribution in [-0.4, -0.2) is 131 Å². The summed E-state index contributed by atoms with van der Waals surface area (Å²) in [7, 11) is 0. The Hall–Kier alpha value is -0.465. The van der Waals surface area contributed by atoms with E-state index in [0.29, 0.717) is 39.3 Å². The number of rotatable bonds is 7. The van der Waals surface area contributed by atoms with Crippen LogP contribution in [0.15, 0.2) is 0 Å². The zero-order valence-corrected chi connectivity index (χ0v) is 17.3. The molecule has 11 nitrogen and oxygen atoms in total. The molecule has 27 heavy (non-hydrogen) atoms. The van der Waals surface area contributed by atoms with Crippen LogP contribution in [0.4, 0.5) is 0 Å². The predicted octanol–water partition coefficient (Wildman–Crippen LogP) is -2.89. The van der Waals surface area contributed by atoms with Crippen molar-refractivity contribution in [2.24, 2.45) is 0 Å². The summed E-state index contributed by atoms with van der Waals surface area (Å²) in [4.78, 5) is 38.1. The number of hydrogen-bond donors (Lipinski definition) is 5. The number of aliphatic hydroxyl groups excluding tert-OH is 1. The van der Waals surface area contributed by atoms with Gasteiger partial charge in [-0.25, -0.2) is 0 Å². The minimum Gasteiger partial charge on any atom is -0.480 e. The van der Waals surface area contributed by atoms with Crippen molar-refractivity contribution in [1.29, 1.82) is 0 Å². The molecule has 1 rings (SSSR count). The van der Waals surface area contributed by atoms with Crippen molar-refractivity contribution < 1.29 is 74.8 Å². The normalized spacial score (nSPS) is 21.4. The quantitative estimate of drug-likeness (QED) is 0.229. The zero-order valence-electron chi connectivity index (χ0n) is 15.1. The molecule has 158 valence electrons. The van der Waals surface area contributed by atoms with Gasteiger partial charge in [0, 0.05) is 91.8 Å². The van der Waals surface area contributed by atoms with E-state index in [0.717, 1.165) is 0 Å². The Morgan fingerprint density at radius 2 is 1.33 bits per heavy atom. The van der Waals surface area contributed by atoms with E-state index in [1.807, 2.05) is 0 Å². The van der Waals surface area contributed by atoms with Crippen LogP contribution < -0.4 is 5.32 Å². The second-order valence-electron chi connectivity index (χ2n) is 6.25. The molecule has 1 aliphatic rings. The molecule has 0 spiro atoms. The number of aliphatic carboxylic acids is 3. The van der Waals surface area contributed by atoms with Gasteiger partial charge >= 0.3 is 17.9 Å². The molecule has 1 unspecified atom stereocenters. The van der Waals surface area contributed by atoms with E-state index in [2.05, 4.69) is 5.32 Å². The second kappa shape index (κ2) is 14.5. The molecule has 0 radical (unpaired) electrons. The van der Waals surface area contributed by atoms with Crippen LogP contribution in [0.5, 0.6) is 0 Å². The summed E-state index contributed by atoms with van der Waals surface area (Å²) in [5.74, 6) is -3.01. The number of aliphatic hydroxyl groups is 1. The standard InChI is InChI=1S/C15H28N4O7.Gd/c20-11-12-7-18(9-14(23)24)6-5-17(8-13(21)22)3-1-16-2-4-19(12)10-15(25)26;/h12,16,20H,1-11H2,(H,21,22)(H,23,24)(H,25,26);. The summed E-state index contributed by atoms with van der Waals surface area (Å²) in [5.41, 5.74) is 0. The topological polar surface area (TPSA) is 154 Å². The maximum atomic E-state index is 11.1. The fourth-order valence-corrected chi connectivity index (χ4v) is 2.91. The summed E-state index contributed by atoms with van der Waals surface area (Å²) in [6.45, 7) is 1.73. The zero-order chi connectivity index (χ0) is 19.5. The van der Waals surface area contributed by atoms with Crippen LogP contribution in [0.3, 0.4) is 0 Å². The summed E-state index contributed by atoms with van der Waals surface area (Å²) < 4.78 is 0. The molecule has 1 saturated heterocycles. The molecule has 1 heterocycles. The molecule has 0 bridgehead atoms. The molecular formula is C15H28GdN4O7. The van der Waals surface area contributed by atoms with Crippen molar-refractivity contribution in [2.75, 3.05) is 72.1 Å². The molecule has 0 amide bonds. The first-order chi connectivity index (χ1) is 12.3. The van der Waals surface area contributed by atoms with E-state index in [1.54, 1.807) is 14.7 Å². The van der Waals surface area contributed by atoms with Crippen LogP contribution in [0.25, 0.3) is 0 Å². The van der Waals surface area contributed by atoms with Gasteiger partial charge in [0.2, 0.25) is 0 Å². The van der Waals surface area contributed by atoms with Crippen molar-refractivity contribution in [1.82, 2.24) is 20.0 Å². The van der Waals surface area contributed by atoms with Crippen molar-refractivity contribution in [3.05, 3.63) is 0 Å². The Balaban J connectivity index is 0.00000676.